The van der Waals surface area contributed by atoms with Crippen molar-refractivity contribution >= 4 is 37.5 Å². The van der Waals surface area contributed by atoms with Crippen molar-refractivity contribution in [3.05, 3.63) is 52.4 Å². The molecule has 18 heteroatoms. The maximum atomic E-state index is 13.2. The van der Waals surface area contributed by atoms with Crippen LogP contribution in [0.1, 0.15) is 5.56 Å². The fraction of sp³-hybridized carbons (Fsp3) is 0.350. The Morgan fingerprint density at radius 3 is 2.16 bits per heavy atom. The van der Waals surface area contributed by atoms with Crippen LogP contribution in [0.3, 0.4) is 0 Å². The topological polar surface area (TPSA) is 171 Å². The van der Waals surface area contributed by atoms with Crippen LogP contribution in [0.15, 0.2) is 41.2 Å². The van der Waals surface area contributed by atoms with Gasteiger partial charge in [0.1, 0.15) is 5.75 Å². The minimum atomic E-state index is -4.98. The van der Waals surface area contributed by atoms with Gasteiger partial charge in [-0.25, -0.2) is 4.79 Å². The Kier molecular flexibility index (Phi) is 7.36. The van der Waals surface area contributed by atoms with Crippen LogP contribution in [0.5, 0.6) is 11.5 Å². The molecule has 1 aliphatic rings. The molecule has 0 saturated carbocycles. The number of halogens is 3. The molecule has 0 radical (unpaired) electrons. The summed E-state index contributed by atoms with van der Waals surface area (Å²) in [6.45, 7) is 1.51. The standard InChI is InChI=1S/C20H21F3N4O9S2/c21-20(22,23)13-1-4-18(36-38(32,33)34)17(11-13)26-8-5-25(6-9-26)7-10-27-16-12-14(35-37(29,30)31)2-3-15(16)24-19(27)28/h1-4,11-12H,5-10H2,(H,24,28)(H,29,30,31)(H,32,33,34). The minimum Gasteiger partial charge on any atom is -0.366 e. The molecule has 1 saturated heterocycles. The third kappa shape index (κ3) is 6.76. The first kappa shape index (κ1) is 27.7. The van der Waals surface area contributed by atoms with Crippen molar-refractivity contribution in [1.82, 2.24) is 14.5 Å². The van der Waals surface area contributed by atoms with Gasteiger partial charge in [0.2, 0.25) is 0 Å². The number of aromatic amines is 1. The maximum absolute atomic E-state index is 13.2. The molecule has 1 fully saturated rings. The van der Waals surface area contributed by atoms with Gasteiger partial charge < -0.3 is 18.3 Å². The highest BCUT2D eigenvalue weighted by atomic mass is 32.3. The number of anilines is 1. The minimum absolute atomic E-state index is 0.156. The van der Waals surface area contributed by atoms with Crippen molar-refractivity contribution in [3.63, 3.8) is 0 Å². The lowest BCUT2D eigenvalue weighted by atomic mass is 10.1. The number of hydrogen-bond acceptors (Lipinski definition) is 9. The molecule has 4 rings (SSSR count). The number of rotatable bonds is 8. The lowest BCUT2D eigenvalue weighted by molar-refractivity contribution is -0.137. The molecule has 2 heterocycles. The second-order valence-electron chi connectivity index (χ2n) is 8.29. The summed E-state index contributed by atoms with van der Waals surface area (Å²) in [5.74, 6) is -0.660. The molecule has 3 aromatic rings. The smallest absolute Gasteiger partial charge is 0.366 e. The van der Waals surface area contributed by atoms with E-state index in [2.05, 4.69) is 13.4 Å². The van der Waals surface area contributed by atoms with E-state index in [4.69, 9.17) is 9.11 Å². The summed E-state index contributed by atoms with van der Waals surface area (Å²) in [6, 6.07) is 6.14. The number of aromatic nitrogens is 2. The first-order chi connectivity index (χ1) is 17.6. The zero-order chi connectivity index (χ0) is 27.9. The number of hydrogen-bond donors (Lipinski definition) is 3. The average Bonchev–Trinajstić information content (AvgIpc) is 3.10. The molecule has 0 amide bonds. The maximum Gasteiger partial charge on any atom is 0.446 e. The zero-order valence-electron chi connectivity index (χ0n) is 19.3. The second-order valence-corrected chi connectivity index (χ2v) is 10.3. The molecule has 3 N–H and O–H groups in total. The van der Waals surface area contributed by atoms with Crippen LogP contribution in [-0.2, 0) is 33.5 Å². The Hall–Kier alpha value is -3.32. The van der Waals surface area contributed by atoms with Gasteiger partial charge in [0.15, 0.2) is 5.75 Å². The van der Waals surface area contributed by atoms with Gasteiger partial charge in [0, 0.05) is 45.3 Å². The van der Waals surface area contributed by atoms with Crippen LogP contribution in [0.4, 0.5) is 18.9 Å². The van der Waals surface area contributed by atoms with Crippen molar-refractivity contribution in [2.45, 2.75) is 12.7 Å². The van der Waals surface area contributed by atoms with E-state index in [0.29, 0.717) is 36.7 Å². The van der Waals surface area contributed by atoms with E-state index in [9.17, 15) is 34.8 Å². The first-order valence-corrected chi connectivity index (χ1v) is 13.6. The van der Waals surface area contributed by atoms with Gasteiger partial charge in [0.05, 0.1) is 22.3 Å². The SMILES string of the molecule is O=c1[nH]c2ccc(OS(=O)(=O)O)cc2n1CCN1CCN(c2cc(C(F)(F)F)ccc2OS(=O)(=O)O)CC1. The fourth-order valence-electron chi connectivity index (χ4n) is 4.11. The Balaban J connectivity index is 1.47. The summed E-state index contributed by atoms with van der Waals surface area (Å²) in [4.78, 5) is 18.4. The van der Waals surface area contributed by atoms with Crippen LogP contribution >= 0.6 is 0 Å². The molecule has 208 valence electrons. The molecule has 2 aromatic carbocycles. The van der Waals surface area contributed by atoms with Gasteiger partial charge in [0.25, 0.3) is 0 Å². The van der Waals surface area contributed by atoms with Crippen LogP contribution < -0.4 is 19.0 Å². The van der Waals surface area contributed by atoms with Gasteiger partial charge in [-0.05, 0) is 30.3 Å². The van der Waals surface area contributed by atoms with Gasteiger partial charge in [-0.3, -0.25) is 18.6 Å². The largest absolute Gasteiger partial charge is 0.446 e. The summed E-state index contributed by atoms with van der Waals surface area (Å²) < 4.78 is 112. The second kappa shape index (κ2) is 10.1. The van der Waals surface area contributed by atoms with E-state index >= 15 is 0 Å². The Morgan fingerprint density at radius 1 is 0.895 bits per heavy atom. The molecule has 0 spiro atoms. The predicted octanol–water partition coefficient (Wildman–Crippen LogP) is 1.53. The van der Waals surface area contributed by atoms with Gasteiger partial charge >= 0.3 is 32.7 Å². The van der Waals surface area contributed by atoms with E-state index in [-0.39, 0.29) is 31.1 Å². The summed E-state index contributed by atoms with van der Waals surface area (Å²) in [7, 11) is -9.74. The summed E-state index contributed by atoms with van der Waals surface area (Å²) in [6.07, 6.45) is -4.69. The monoisotopic (exact) mass is 582 g/mol. The molecule has 1 aliphatic heterocycles. The third-order valence-corrected chi connectivity index (χ3v) is 6.58. The molecular weight excluding hydrogens is 561 g/mol. The number of benzene rings is 2. The molecular formula is C20H21F3N4O9S2. The van der Waals surface area contributed by atoms with E-state index in [1.165, 1.54) is 27.7 Å². The van der Waals surface area contributed by atoms with Crippen molar-refractivity contribution in [1.29, 1.82) is 0 Å². The van der Waals surface area contributed by atoms with Crippen LogP contribution in [0.2, 0.25) is 0 Å². The first-order valence-electron chi connectivity index (χ1n) is 10.8. The highest BCUT2D eigenvalue weighted by molar-refractivity contribution is 7.81. The number of H-pyrrole nitrogens is 1. The van der Waals surface area contributed by atoms with Gasteiger partial charge in [-0.2, -0.15) is 30.0 Å². The van der Waals surface area contributed by atoms with Crippen molar-refractivity contribution in [3.8, 4) is 11.5 Å². The van der Waals surface area contributed by atoms with Gasteiger partial charge in [-0.15, -0.1) is 0 Å². The number of imidazole rings is 1. The van der Waals surface area contributed by atoms with Crippen molar-refractivity contribution in [2.75, 3.05) is 37.6 Å². The molecule has 0 atom stereocenters. The lowest BCUT2D eigenvalue weighted by Crippen LogP contribution is -2.47. The van der Waals surface area contributed by atoms with Crippen molar-refractivity contribution < 1.29 is 47.5 Å². The Bertz CT molecular complexity index is 1610. The average molecular weight is 583 g/mol. The normalized spacial score (nSPS) is 15.7. The Morgan fingerprint density at radius 2 is 1.55 bits per heavy atom. The summed E-state index contributed by atoms with van der Waals surface area (Å²) >= 11 is 0. The fourth-order valence-corrected chi connectivity index (χ4v) is 4.82. The molecule has 0 aliphatic carbocycles. The third-order valence-electron chi connectivity index (χ3n) is 5.78. The van der Waals surface area contributed by atoms with Gasteiger partial charge in [-0.1, -0.05) is 0 Å². The number of fused-ring (bicyclic) bond motifs is 1. The van der Waals surface area contributed by atoms with E-state index in [1.807, 2.05) is 4.90 Å². The molecule has 0 bridgehead atoms. The van der Waals surface area contributed by atoms with E-state index < -0.39 is 44.0 Å². The summed E-state index contributed by atoms with van der Waals surface area (Å²) in [5, 5.41) is 0. The molecule has 1 aromatic heterocycles. The zero-order valence-corrected chi connectivity index (χ0v) is 20.9. The quantitative estimate of drug-likeness (QED) is 0.329. The lowest BCUT2D eigenvalue weighted by Gasteiger charge is -2.36. The highest BCUT2D eigenvalue weighted by Gasteiger charge is 2.33. The number of piperazine rings is 1. The highest BCUT2D eigenvalue weighted by Crippen LogP contribution is 2.37. The number of nitrogens with one attached hydrogen (secondary N) is 1. The van der Waals surface area contributed by atoms with Crippen LogP contribution in [-0.4, -0.2) is 73.1 Å². The number of alkyl halides is 3. The molecule has 13 nitrogen and oxygen atoms in total. The van der Waals surface area contributed by atoms with Crippen molar-refractivity contribution in [2.24, 2.45) is 0 Å². The van der Waals surface area contributed by atoms with E-state index in [0.717, 1.165) is 12.1 Å². The number of nitrogens with zero attached hydrogens (tertiary/aromatic N) is 3. The van der Waals surface area contributed by atoms with E-state index in [1.54, 1.807) is 0 Å². The molecule has 0 unspecified atom stereocenters. The van der Waals surface area contributed by atoms with Crippen LogP contribution in [0.25, 0.3) is 11.0 Å². The molecule has 38 heavy (non-hydrogen) atoms. The summed E-state index contributed by atoms with van der Waals surface area (Å²) in [5.41, 5.74) is -0.923. The predicted molar refractivity (Wildman–Crippen MR) is 127 cm³/mol. The Labute approximate surface area is 213 Å². The van der Waals surface area contributed by atoms with Crippen LogP contribution in [0, 0.1) is 0 Å².